The van der Waals surface area contributed by atoms with Gasteiger partial charge in [0.05, 0.1) is 17.8 Å². The number of benzene rings is 1. The molecule has 0 fully saturated rings. The lowest BCUT2D eigenvalue weighted by Gasteiger charge is -2.10. The van der Waals surface area contributed by atoms with E-state index in [2.05, 4.69) is 12.0 Å². The first-order valence-electron chi connectivity index (χ1n) is 5.55. The van der Waals surface area contributed by atoms with Crippen LogP contribution in [0.3, 0.4) is 0 Å². The van der Waals surface area contributed by atoms with Gasteiger partial charge in [-0.15, -0.1) is 11.6 Å². The van der Waals surface area contributed by atoms with E-state index in [9.17, 15) is 4.39 Å². The van der Waals surface area contributed by atoms with E-state index in [1.165, 1.54) is 12.1 Å². The maximum absolute atomic E-state index is 13.1. The summed E-state index contributed by atoms with van der Waals surface area (Å²) in [7, 11) is 0. The molecule has 0 bridgehead atoms. The summed E-state index contributed by atoms with van der Waals surface area (Å²) in [5, 5.41) is 4.33. The minimum atomic E-state index is -0.228. The van der Waals surface area contributed by atoms with Crippen molar-refractivity contribution in [1.82, 2.24) is 9.78 Å². The van der Waals surface area contributed by atoms with E-state index in [1.807, 2.05) is 11.6 Å². The van der Waals surface area contributed by atoms with E-state index >= 15 is 0 Å². The molecule has 4 heteroatoms. The van der Waals surface area contributed by atoms with Crippen LogP contribution in [0.15, 0.2) is 24.4 Å². The van der Waals surface area contributed by atoms with Gasteiger partial charge in [-0.3, -0.25) is 0 Å². The Labute approximate surface area is 105 Å². The van der Waals surface area contributed by atoms with Gasteiger partial charge in [0.1, 0.15) is 5.82 Å². The molecule has 0 atom stereocenters. The molecule has 2 rings (SSSR count). The molecule has 0 spiro atoms. The number of alkyl halides is 1. The molecule has 2 nitrogen and oxygen atoms in total. The van der Waals surface area contributed by atoms with Crippen LogP contribution in [0.1, 0.15) is 23.7 Å². The lowest BCUT2D eigenvalue weighted by Crippen LogP contribution is -2.04. The topological polar surface area (TPSA) is 17.8 Å². The number of rotatable bonds is 3. The van der Waals surface area contributed by atoms with E-state index in [1.54, 1.807) is 12.3 Å². The quantitative estimate of drug-likeness (QED) is 0.763. The molecule has 0 amide bonds. The third-order valence-corrected chi connectivity index (χ3v) is 3.11. The summed E-state index contributed by atoms with van der Waals surface area (Å²) in [6.45, 7) is 3.93. The molecule has 0 N–H and O–H groups in total. The third-order valence-electron chi connectivity index (χ3n) is 2.82. The molecule has 90 valence electrons. The van der Waals surface area contributed by atoms with E-state index in [0.717, 1.165) is 28.9 Å². The van der Waals surface area contributed by atoms with Gasteiger partial charge >= 0.3 is 0 Å². The van der Waals surface area contributed by atoms with Crippen LogP contribution in [0, 0.1) is 12.7 Å². The van der Waals surface area contributed by atoms with Crippen molar-refractivity contribution in [1.29, 1.82) is 0 Å². The predicted octanol–water partition coefficient (Wildman–Crippen LogP) is 3.62. The highest BCUT2D eigenvalue weighted by Crippen LogP contribution is 2.20. The molecule has 0 aliphatic heterocycles. The fraction of sp³-hybridized carbons (Fsp3) is 0.308. The van der Waals surface area contributed by atoms with Gasteiger partial charge in [-0.1, -0.05) is 6.92 Å². The minimum absolute atomic E-state index is 0.228. The predicted molar refractivity (Wildman–Crippen MR) is 67.2 cm³/mol. The average Bonchev–Trinajstić information content (AvgIpc) is 2.71. The van der Waals surface area contributed by atoms with Gasteiger partial charge < -0.3 is 0 Å². The lowest BCUT2D eigenvalue weighted by atomic mass is 10.1. The molecule has 0 saturated carbocycles. The number of aromatic nitrogens is 2. The molecule has 0 unspecified atom stereocenters. The Morgan fingerprint density at radius 2 is 2.18 bits per heavy atom. The van der Waals surface area contributed by atoms with Crippen molar-refractivity contribution < 1.29 is 4.39 Å². The van der Waals surface area contributed by atoms with Gasteiger partial charge in [0.15, 0.2) is 0 Å². The highest BCUT2D eigenvalue weighted by molar-refractivity contribution is 6.17. The van der Waals surface area contributed by atoms with Crippen LogP contribution in [0.5, 0.6) is 0 Å². The standard InChI is InChI=1S/C13H14ClFN2/c1-3-12-10(7-14)8-16-17(12)13-5-4-11(15)6-9(13)2/h4-6,8H,3,7H2,1-2H3. The molecule has 17 heavy (non-hydrogen) atoms. The first-order valence-corrected chi connectivity index (χ1v) is 6.09. The van der Waals surface area contributed by atoms with Crippen molar-refractivity contribution in [3.05, 3.63) is 47.0 Å². The second kappa shape index (κ2) is 4.88. The summed E-state index contributed by atoms with van der Waals surface area (Å²) < 4.78 is 14.9. The monoisotopic (exact) mass is 252 g/mol. The molecule has 1 heterocycles. The maximum atomic E-state index is 13.1. The molecule has 0 aliphatic rings. The Morgan fingerprint density at radius 3 is 2.76 bits per heavy atom. The minimum Gasteiger partial charge on any atom is -0.237 e. The average molecular weight is 253 g/mol. The smallest absolute Gasteiger partial charge is 0.123 e. The first kappa shape index (κ1) is 12.1. The summed E-state index contributed by atoms with van der Waals surface area (Å²) in [6, 6.07) is 4.70. The van der Waals surface area contributed by atoms with Crippen molar-refractivity contribution in [2.75, 3.05) is 0 Å². The molecule has 1 aromatic carbocycles. The van der Waals surface area contributed by atoms with Gasteiger partial charge in [0.2, 0.25) is 0 Å². The van der Waals surface area contributed by atoms with Crippen molar-refractivity contribution in [3.63, 3.8) is 0 Å². The first-order chi connectivity index (χ1) is 8.17. The summed E-state index contributed by atoms with van der Waals surface area (Å²) >= 11 is 5.86. The van der Waals surface area contributed by atoms with Crippen molar-refractivity contribution in [2.24, 2.45) is 0 Å². The second-order valence-corrected chi connectivity index (χ2v) is 4.21. The van der Waals surface area contributed by atoms with E-state index in [0.29, 0.717) is 5.88 Å². The zero-order valence-electron chi connectivity index (χ0n) is 9.87. The van der Waals surface area contributed by atoms with Crippen LogP contribution in [-0.2, 0) is 12.3 Å². The number of hydrogen-bond donors (Lipinski definition) is 0. The molecular weight excluding hydrogens is 239 g/mol. The summed E-state index contributed by atoms with van der Waals surface area (Å²) in [4.78, 5) is 0. The Bertz CT molecular complexity index is 534. The normalized spacial score (nSPS) is 10.8. The Kier molecular flexibility index (Phi) is 3.48. The number of halogens is 2. The van der Waals surface area contributed by atoms with E-state index in [4.69, 9.17) is 11.6 Å². The summed E-state index contributed by atoms with van der Waals surface area (Å²) in [5.74, 6) is 0.220. The zero-order valence-corrected chi connectivity index (χ0v) is 10.6. The second-order valence-electron chi connectivity index (χ2n) is 3.95. The summed E-state index contributed by atoms with van der Waals surface area (Å²) in [6.07, 6.45) is 2.62. The van der Waals surface area contributed by atoms with Gasteiger partial charge in [0.25, 0.3) is 0 Å². The number of nitrogens with zero attached hydrogens (tertiary/aromatic N) is 2. The lowest BCUT2D eigenvalue weighted by molar-refractivity contribution is 0.625. The molecular formula is C13H14ClFN2. The van der Waals surface area contributed by atoms with Crippen molar-refractivity contribution in [2.45, 2.75) is 26.1 Å². The largest absolute Gasteiger partial charge is 0.237 e. The Hall–Kier alpha value is -1.35. The van der Waals surface area contributed by atoms with E-state index in [-0.39, 0.29) is 5.82 Å². The number of hydrogen-bond acceptors (Lipinski definition) is 1. The maximum Gasteiger partial charge on any atom is 0.123 e. The molecule has 1 aromatic heterocycles. The van der Waals surface area contributed by atoms with Crippen LogP contribution in [0.4, 0.5) is 4.39 Å². The molecule has 0 radical (unpaired) electrons. The SMILES string of the molecule is CCc1c(CCl)cnn1-c1ccc(F)cc1C. The molecule has 0 saturated heterocycles. The summed E-state index contributed by atoms with van der Waals surface area (Å²) in [5.41, 5.74) is 3.87. The Morgan fingerprint density at radius 1 is 1.41 bits per heavy atom. The third kappa shape index (κ3) is 2.20. The molecule has 0 aliphatic carbocycles. The Balaban J connectivity index is 2.56. The van der Waals surface area contributed by atoms with Gasteiger partial charge in [-0.05, 0) is 37.1 Å². The van der Waals surface area contributed by atoms with Crippen LogP contribution < -0.4 is 0 Å². The van der Waals surface area contributed by atoms with Crippen molar-refractivity contribution >= 4 is 11.6 Å². The van der Waals surface area contributed by atoms with Crippen molar-refractivity contribution in [3.8, 4) is 5.69 Å². The highest BCUT2D eigenvalue weighted by Gasteiger charge is 2.11. The van der Waals surface area contributed by atoms with Crippen LogP contribution in [0.25, 0.3) is 5.69 Å². The van der Waals surface area contributed by atoms with Crippen LogP contribution in [0.2, 0.25) is 0 Å². The van der Waals surface area contributed by atoms with Gasteiger partial charge in [-0.2, -0.15) is 5.10 Å². The fourth-order valence-electron chi connectivity index (χ4n) is 1.96. The fourth-order valence-corrected chi connectivity index (χ4v) is 2.18. The van der Waals surface area contributed by atoms with E-state index < -0.39 is 0 Å². The van der Waals surface area contributed by atoms with Crippen LogP contribution in [-0.4, -0.2) is 9.78 Å². The van der Waals surface area contributed by atoms with Gasteiger partial charge in [-0.25, -0.2) is 9.07 Å². The highest BCUT2D eigenvalue weighted by atomic mass is 35.5. The zero-order chi connectivity index (χ0) is 12.4. The van der Waals surface area contributed by atoms with Gasteiger partial charge in [0, 0.05) is 11.3 Å². The van der Waals surface area contributed by atoms with Crippen LogP contribution >= 0.6 is 11.6 Å². The number of aryl methyl sites for hydroxylation is 1. The molecule has 2 aromatic rings.